The van der Waals surface area contributed by atoms with Gasteiger partial charge in [0, 0.05) is 25.1 Å². The molecule has 0 amide bonds. The van der Waals surface area contributed by atoms with Crippen LogP contribution >= 0.6 is 0 Å². The van der Waals surface area contributed by atoms with E-state index >= 15 is 0 Å². The molecule has 6 nitrogen and oxygen atoms in total. The highest BCUT2D eigenvalue weighted by Gasteiger charge is 2.11. The molecule has 1 aromatic heterocycles. The Morgan fingerprint density at radius 2 is 1.79 bits per heavy atom. The van der Waals surface area contributed by atoms with Crippen molar-refractivity contribution in [2.24, 2.45) is 0 Å². The Morgan fingerprint density at radius 3 is 2.32 bits per heavy atom. The van der Waals surface area contributed by atoms with Gasteiger partial charge in [0.15, 0.2) is 0 Å². The van der Waals surface area contributed by atoms with Crippen molar-refractivity contribution in [3.63, 3.8) is 0 Å². The van der Waals surface area contributed by atoms with Crippen LogP contribution in [-0.2, 0) is 6.42 Å². The normalized spacial score (nSPS) is 12.3. The molecular formula is C13H24N4O2. The van der Waals surface area contributed by atoms with Gasteiger partial charge in [-0.3, -0.25) is 0 Å². The monoisotopic (exact) mass is 268 g/mol. The summed E-state index contributed by atoms with van der Waals surface area (Å²) >= 11 is 0. The van der Waals surface area contributed by atoms with Crippen molar-refractivity contribution in [1.82, 2.24) is 9.97 Å². The van der Waals surface area contributed by atoms with Crippen molar-refractivity contribution in [3.8, 4) is 0 Å². The molecule has 0 spiro atoms. The first-order valence-corrected chi connectivity index (χ1v) is 6.76. The SMILES string of the molecule is CCCc1nc(NCC)c(C)c(NCC(O)CO)n1. The fraction of sp³-hybridized carbons (Fsp3) is 0.692. The Hall–Kier alpha value is -1.40. The molecule has 0 aliphatic carbocycles. The van der Waals surface area contributed by atoms with Gasteiger partial charge in [-0.2, -0.15) is 0 Å². The van der Waals surface area contributed by atoms with Gasteiger partial charge in [-0.1, -0.05) is 6.92 Å². The summed E-state index contributed by atoms with van der Waals surface area (Å²) in [6, 6.07) is 0. The van der Waals surface area contributed by atoms with Crippen LogP contribution in [0, 0.1) is 6.92 Å². The lowest BCUT2D eigenvalue weighted by Crippen LogP contribution is -2.24. The maximum absolute atomic E-state index is 9.38. The molecule has 0 fully saturated rings. The second kappa shape index (κ2) is 7.91. The molecule has 4 N–H and O–H groups in total. The molecule has 0 aliphatic heterocycles. The van der Waals surface area contributed by atoms with Crippen molar-refractivity contribution >= 4 is 11.6 Å². The average molecular weight is 268 g/mol. The number of nitrogens with one attached hydrogen (secondary N) is 2. The Labute approximate surface area is 114 Å². The number of hydrogen-bond donors (Lipinski definition) is 4. The molecule has 0 bridgehead atoms. The van der Waals surface area contributed by atoms with Crippen LogP contribution in [-0.4, -0.2) is 46.0 Å². The van der Waals surface area contributed by atoms with Gasteiger partial charge in [-0.15, -0.1) is 0 Å². The summed E-state index contributed by atoms with van der Waals surface area (Å²) < 4.78 is 0. The predicted octanol–water partition coefficient (Wildman–Crippen LogP) is 0.934. The van der Waals surface area contributed by atoms with E-state index in [0.717, 1.165) is 36.6 Å². The van der Waals surface area contributed by atoms with Gasteiger partial charge in [0.05, 0.1) is 12.7 Å². The Kier molecular flexibility index (Phi) is 6.52. The molecule has 1 atom stereocenters. The van der Waals surface area contributed by atoms with Crippen LogP contribution in [0.1, 0.15) is 31.7 Å². The highest BCUT2D eigenvalue weighted by atomic mass is 16.3. The first-order chi connectivity index (χ1) is 9.12. The van der Waals surface area contributed by atoms with Gasteiger partial charge in [0.2, 0.25) is 0 Å². The fourth-order valence-corrected chi connectivity index (χ4v) is 1.69. The molecule has 1 unspecified atom stereocenters. The quantitative estimate of drug-likeness (QED) is 0.561. The fourth-order valence-electron chi connectivity index (χ4n) is 1.69. The minimum atomic E-state index is -0.786. The summed E-state index contributed by atoms with van der Waals surface area (Å²) in [5.74, 6) is 2.31. The standard InChI is InChI=1S/C13H24N4O2/c1-4-6-11-16-12(14-5-2)9(3)13(17-11)15-7-10(19)8-18/h10,18-19H,4-8H2,1-3H3,(H2,14,15,16,17). The Bertz CT molecular complexity index is 398. The largest absolute Gasteiger partial charge is 0.394 e. The van der Waals surface area contributed by atoms with E-state index in [2.05, 4.69) is 27.5 Å². The number of aryl methyl sites for hydroxylation is 1. The Morgan fingerprint density at radius 1 is 1.16 bits per heavy atom. The van der Waals surface area contributed by atoms with Crippen LogP contribution in [0.2, 0.25) is 0 Å². The van der Waals surface area contributed by atoms with E-state index in [1.165, 1.54) is 0 Å². The van der Waals surface area contributed by atoms with Crippen LogP contribution in [0.15, 0.2) is 0 Å². The smallest absolute Gasteiger partial charge is 0.134 e. The highest BCUT2D eigenvalue weighted by molar-refractivity contribution is 5.57. The maximum atomic E-state index is 9.38. The van der Waals surface area contributed by atoms with Gasteiger partial charge >= 0.3 is 0 Å². The van der Waals surface area contributed by atoms with Crippen molar-refractivity contribution in [1.29, 1.82) is 0 Å². The molecule has 0 saturated heterocycles. The van der Waals surface area contributed by atoms with E-state index in [-0.39, 0.29) is 13.2 Å². The number of aliphatic hydroxyl groups is 2. The highest BCUT2D eigenvalue weighted by Crippen LogP contribution is 2.20. The average Bonchev–Trinajstić information content (AvgIpc) is 2.40. The van der Waals surface area contributed by atoms with Crippen molar-refractivity contribution in [2.75, 3.05) is 30.3 Å². The third-order valence-electron chi connectivity index (χ3n) is 2.73. The van der Waals surface area contributed by atoms with Crippen LogP contribution in [0.25, 0.3) is 0 Å². The first kappa shape index (κ1) is 15.7. The lowest BCUT2D eigenvalue weighted by molar-refractivity contribution is 0.105. The maximum Gasteiger partial charge on any atom is 0.134 e. The van der Waals surface area contributed by atoms with E-state index in [0.29, 0.717) is 5.82 Å². The third kappa shape index (κ3) is 4.65. The zero-order chi connectivity index (χ0) is 14.3. The molecular weight excluding hydrogens is 244 g/mol. The zero-order valence-corrected chi connectivity index (χ0v) is 11.9. The van der Waals surface area contributed by atoms with E-state index in [1.807, 2.05) is 13.8 Å². The molecule has 1 rings (SSSR count). The van der Waals surface area contributed by atoms with E-state index in [4.69, 9.17) is 5.11 Å². The van der Waals surface area contributed by atoms with Crippen LogP contribution in [0.5, 0.6) is 0 Å². The number of rotatable bonds is 8. The van der Waals surface area contributed by atoms with Crippen molar-refractivity contribution in [2.45, 2.75) is 39.7 Å². The number of hydrogen-bond acceptors (Lipinski definition) is 6. The number of nitrogens with zero attached hydrogens (tertiary/aromatic N) is 2. The second-order valence-corrected chi connectivity index (χ2v) is 4.46. The van der Waals surface area contributed by atoms with Crippen LogP contribution in [0.4, 0.5) is 11.6 Å². The van der Waals surface area contributed by atoms with Crippen molar-refractivity contribution in [3.05, 3.63) is 11.4 Å². The van der Waals surface area contributed by atoms with Gasteiger partial charge in [-0.25, -0.2) is 9.97 Å². The van der Waals surface area contributed by atoms with E-state index in [9.17, 15) is 5.11 Å². The summed E-state index contributed by atoms with van der Waals surface area (Å²) in [4.78, 5) is 8.94. The minimum Gasteiger partial charge on any atom is -0.394 e. The molecule has 1 aromatic rings. The molecule has 108 valence electrons. The number of aliphatic hydroxyl groups excluding tert-OH is 2. The van der Waals surface area contributed by atoms with E-state index < -0.39 is 6.10 Å². The molecule has 6 heteroatoms. The van der Waals surface area contributed by atoms with Gasteiger partial charge in [-0.05, 0) is 20.3 Å². The molecule has 0 radical (unpaired) electrons. The minimum absolute atomic E-state index is 0.265. The summed E-state index contributed by atoms with van der Waals surface area (Å²) in [6.07, 6.45) is 1.01. The zero-order valence-electron chi connectivity index (χ0n) is 11.9. The molecule has 0 aliphatic rings. The first-order valence-electron chi connectivity index (χ1n) is 6.76. The lowest BCUT2D eigenvalue weighted by Gasteiger charge is -2.15. The number of aromatic nitrogens is 2. The van der Waals surface area contributed by atoms with Crippen LogP contribution < -0.4 is 10.6 Å². The van der Waals surface area contributed by atoms with Gasteiger partial charge in [0.1, 0.15) is 17.5 Å². The predicted molar refractivity (Wildman–Crippen MR) is 76.5 cm³/mol. The van der Waals surface area contributed by atoms with Gasteiger partial charge in [0.25, 0.3) is 0 Å². The summed E-state index contributed by atoms with van der Waals surface area (Å²) in [5, 5.41) is 24.5. The molecule has 1 heterocycles. The van der Waals surface area contributed by atoms with Crippen molar-refractivity contribution < 1.29 is 10.2 Å². The van der Waals surface area contributed by atoms with Gasteiger partial charge < -0.3 is 20.8 Å². The molecule has 0 aromatic carbocycles. The Balaban J connectivity index is 2.92. The topological polar surface area (TPSA) is 90.3 Å². The summed E-state index contributed by atoms with van der Waals surface area (Å²) in [5.41, 5.74) is 0.923. The molecule has 19 heavy (non-hydrogen) atoms. The third-order valence-corrected chi connectivity index (χ3v) is 2.73. The van der Waals surface area contributed by atoms with Crippen LogP contribution in [0.3, 0.4) is 0 Å². The van der Waals surface area contributed by atoms with E-state index in [1.54, 1.807) is 0 Å². The second-order valence-electron chi connectivity index (χ2n) is 4.46. The summed E-state index contributed by atoms with van der Waals surface area (Å²) in [7, 11) is 0. The lowest BCUT2D eigenvalue weighted by atomic mass is 10.2. The molecule has 0 saturated carbocycles. The summed E-state index contributed by atoms with van der Waals surface area (Å²) in [6.45, 7) is 6.83. The number of anilines is 2.